The molecule has 1 aromatic heterocycles. The van der Waals surface area contributed by atoms with E-state index in [2.05, 4.69) is 4.98 Å². The monoisotopic (exact) mass is 284 g/mol. The minimum Gasteiger partial charge on any atom is -0.391 e. The molecule has 0 saturated carbocycles. The SMILES string of the molecule is O=S1(=O)CCC(Cc2cn3c(n2)CCC(O)C3)CC1. The summed E-state index contributed by atoms with van der Waals surface area (Å²) in [6.07, 6.45) is 5.78. The van der Waals surface area contributed by atoms with Crippen LogP contribution in [0.5, 0.6) is 0 Å². The molecule has 3 rings (SSSR count). The number of aromatic nitrogens is 2. The maximum absolute atomic E-state index is 11.4. The van der Waals surface area contributed by atoms with E-state index in [-0.39, 0.29) is 6.10 Å². The second-order valence-corrected chi connectivity index (χ2v) is 8.10. The third kappa shape index (κ3) is 3.00. The maximum Gasteiger partial charge on any atom is 0.150 e. The first-order valence-electron chi connectivity index (χ1n) is 6.95. The molecule has 2 aliphatic rings. The molecule has 2 aliphatic heterocycles. The first kappa shape index (κ1) is 13.1. The Morgan fingerprint density at radius 3 is 2.79 bits per heavy atom. The summed E-state index contributed by atoms with van der Waals surface area (Å²) in [4.78, 5) is 4.62. The smallest absolute Gasteiger partial charge is 0.150 e. The summed E-state index contributed by atoms with van der Waals surface area (Å²) in [5.74, 6) is 2.14. The van der Waals surface area contributed by atoms with E-state index in [1.54, 1.807) is 0 Å². The Morgan fingerprint density at radius 1 is 1.32 bits per heavy atom. The molecule has 0 bridgehead atoms. The average Bonchev–Trinajstić information content (AvgIpc) is 2.73. The molecule has 0 amide bonds. The van der Waals surface area contributed by atoms with Crippen LogP contribution in [-0.4, -0.2) is 40.7 Å². The molecule has 0 aromatic carbocycles. The van der Waals surface area contributed by atoms with E-state index < -0.39 is 9.84 Å². The van der Waals surface area contributed by atoms with Crippen molar-refractivity contribution in [3.8, 4) is 0 Å². The quantitative estimate of drug-likeness (QED) is 0.861. The van der Waals surface area contributed by atoms with Crippen LogP contribution in [0.2, 0.25) is 0 Å². The van der Waals surface area contributed by atoms with Gasteiger partial charge in [-0.15, -0.1) is 0 Å². The molecule has 6 heteroatoms. The van der Waals surface area contributed by atoms with Crippen molar-refractivity contribution in [1.82, 2.24) is 9.55 Å². The number of aryl methyl sites for hydroxylation is 1. The van der Waals surface area contributed by atoms with Crippen LogP contribution in [-0.2, 0) is 29.2 Å². The molecule has 1 saturated heterocycles. The Labute approximate surface area is 113 Å². The molecule has 0 radical (unpaired) electrons. The number of rotatable bonds is 2. The largest absolute Gasteiger partial charge is 0.391 e. The highest BCUT2D eigenvalue weighted by Gasteiger charge is 2.25. The van der Waals surface area contributed by atoms with Crippen molar-refractivity contribution < 1.29 is 13.5 Å². The molecule has 1 N–H and O–H groups in total. The van der Waals surface area contributed by atoms with Gasteiger partial charge in [0.1, 0.15) is 15.7 Å². The Bertz CT molecular complexity index is 550. The highest BCUT2D eigenvalue weighted by Crippen LogP contribution is 2.24. The lowest BCUT2D eigenvalue weighted by atomic mass is 9.97. The number of fused-ring (bicyclic) bond motifs is 1. The van der Waals surface area contributed by atoms with Crippen molar-refractivity contribution >= 4 is 9.84 Å². The summed E-state index contributed by atoms with van der Waals surface area (Å²) in [5, 5.41) is 9.63. The number of sulfone groups is 1. The molecule has 0 aliphatic carbocycles. The molecule has 1 unspecified atom stereocenters. The van der Waals surface area contributed by atoms with Crippen molar-refractivity contribution in [1.29, 1.82) is 0 Å². The van der Waals surface area contributed by atoms with Gasteiger partial charge in [0.15, 0.2) is 0 Å². The first-order valence-corrected chi connectivity index (χ1v) is 8.77. The summed E-state index contributed by atoms with van der Waals surface area (Å²) < 4.78 is 24.8. The Morgan fingerprint density at radius 2 is 2.05 bits per heavy atom. The summed E-state index contributed by atoms with van der Waals surface area (Å²) >= 11 is 0. The molecule has 106 valence electrons. The number of aliphatic hydroxyl groups is 1. The van der Waals surface area contributed by atoms with Crippen LogP contribution in [0.3, 0.4) is 0 Å². The maximum atomic E-state index is 11.4. The topological polar surface area (TPSA) is 72.2 Å². The van der Waals surface area contributed by atoms with Gasteiger partial charge in [-0.25, -0.2) is 13.4 Å². The van der Waals surface area contributed by atoms with Gasteiger partial charge in [-0.3, -0.25) is 0 Å². The fraction of sp³-hybridized carbons (Fsp3) is 0.769. The third-order valence-electron chi connectivity index (χ3n) is 4.19. The lowest BCUT2D eigenvalue weighted by molar-refractivity contribution is 0.130. The Hall–Kier alpha value is -0.880. The van der Waals surface area contributed by atoms with Crippen LogP contribution in [0.1, 0.15) is 30.8 Å². The minimum absolute atomic E-state index is 0.255. The molecule has 5 nitrogen and oxygen atoms in total. The molecule has 1 aromatic rings. The first-order chi connectivity index (χ1) is 9.02. The van der Waals surface area contributed by atoms with Crippen molar-refractivity contribution in [2.75, 3.05) is 11.5 Å². The highest BCUT2D eigenvalue weighted by atomic mass is 32.2. The van der Waals surface area contributed by atoms with Gasteiger partial charge in [-0.1, -0.05) is 0 Å². The zero-order valence-electron chi connectivity index (χ0n) is 11.0. The minimum atomic E-state index is -2.78. The van der Waals surface area contributed by atoms with Crippen molar-refractivity contribution in [2.24, 2.45) is 5.92 Å². The zero-order chi connectivity index (χ0) is 13.5. The summed E-state index contributed by atoms with van der Waals surface area (Å²) in [7, 11) is -2.78. The molecular formula is C13H20N2O3S. The molecule has 1 atom stereocenters. The van der Waals surface area contributed by atoms with E-state index in [0.29, 0.717) is 24.0 Å². The van der Waals surface area contributed by atoms with Crippen LogP contribution in [0, 0.1) is 5.92 Å². The Kier molecular flexibility index (Phi) is 3.39. The predicted molar refractivity (Wildman–Crippen MR) is 71.6 cm³/mol. The van der Waals surface area contributed by atoms with Crippen LogP contribution >= 0.6 is 0 Å². The van der Waals surface area contributed by atoms with E-state index in [0.717, 1.165) is 43.6 Å². The normalized spacial score (nSPS) is 27.1. The molecular weight excluding hydrogens is 264 g/mol. The number of aliphatic hydroxyl groups excluding tert-OH is 1. The van der Waals surface area contributed by atoms with Gasteiger partial charge >= 0.3 is 0 Å². The summed E-state index contributed by atoms with van der Waals surface area (Å²) in [5.41, 5.74) is 1.05. The van der Waals surface area contributed by atoms with E-state index >= 15 is 0 Å². The Balaban J connectivity index is 1.65. The molecule has 0 spiro atoms. The lowest BCUT2D eigenvalue weighted by Gasteiger charge is -2.20. The van der Waals surface area contributed by atoms with Gasteiger partial charge < -0.3 is 9.67 Å². The van der Waals surface area contributed by atoms with Crippen LogP contribution in [0.4, 0.5) is 0 Å². The fourth-order valence-corrected chi connectivity index (χ4v) is 4.61. The van der Waals surface area contributed by atoms with Gasteiger partial charge in [0, 0.05) is 19.2 Å². The van der Waals surface area contributed by atoms with Gasteiger partial charge in [0.05, 0.1) is 23.3 Å². The van der Waals surface area contributed by atoms with Crippen LogP contribution in [0.15, 0.2) is 6.20 Å². The average molecular weight is 284 g/mol. The van der Waals surface area contributed by atoms with Crippen molar-refractivity contribution in [2.45, 2.75) is 44.8 Å². The predicted octanol–water partition coefficient (Wildman–Crippen LogP) is 0.557. The van der Waals surface area contributed by atoms with E-state index in [4.69, 9.17) is 0 Å². The van der Waals surface area contributed by atoms with Crippen LogP contribution in [0.25, 0.3) is 0 Å². The molecule has 19 heavy (non-hydrogen) atoms. The fourth-order valence-electron chi connectivity index (χ4n) is 3.02. The number of hydrogen-bond donors (Lipinski definition) is 1. The molecule has 3 heterocycles. The lowest BCUT2D eigenvalue weighted by Crippen LogP contribution is -2.24. The summed E-state index contributed by atoms with van der Waals surface area (Å²) in [6.45, 7) is 0.640. The van der Waals surface area contributed by atoms with Gasteiger partial charge in [0.2, 0.25) is 0 Å². The van der Waals surface area contributed by atoms with Crippen molar-refractivity contribution in [3.05, 3.63) is 17.7 Å². The van der Waals surface area contributed by atoms with Gasteiger partial charge in [-0.2, -0.15) is 0 Å². The number of hydrogen-bond acceptors (Lipinski definition) is 4. The third-order valence-corrected chi connectivity index (χ3v) is 5.91. The number of imidazole rings is 1. The van der Waals surface area contributed by atoms with Crippen LogP contribution < -0.4 is 0 Å². The standard InChI is InChI=1S/C13H20N2O3S/c16-12-1-2-13-14-11(8-15(13)9-12)7-10-3-5-19(17,18)6-4-10/h8,10,12,16H,1-7,9H2. The van der Waals surface area contributed by atoms with Crippen molar-refractivity contribution in [3.63, 3.8) is 0 Å². The van der Waals surface area contributed by atoms with Gasteiger partial charge in [0.25, 0.3) is 0 Å². The van der Waals surface area contributed by atoms with E-state index in [1.807, 2.05) is 10.8 Å². The zero-order valence-corrected chi connectivity index (χ0v) is 11.8. The van der Waals surface area contributed by atoms with E-state index in [9.17, 15) is 13.5 Å². The number of nitrogens with zero attached hydrogens (tertiary/aromatic N) is 2. The van der Waals surface area contributed by atoms with Gasteiger partial charge in [-0.05, 0) is 31.6 Å². The second-order valence-electron chi connectivity index (χ2n) is 5.79. The summed E-state index contributed by atoms with van der Waals surface area (Å²) in [6, 6.07) is 0. The van der Waals surface area contributed by atoms with E-state index in [1.165, 1.54) is 0 Å². The highest BCUT2D eigenvalue weighted by molar-refractivity contribution is 7.91. The second kappa shape index (κ2) is 4.90. The molecule has 1 fully saturated rings.